The summed E-state index contributed by atoms with van der Waals surface area (Å²) in [5.74, 6) is 0.491. The molecule has 0 bridgehead atoms. The lowest BCUT2D eigenvalue weighted by Gasteiger charge is -2.06. The van der Waals surface area contributed by atoms with E-state index in [0.717, 1.165) is 33.2 Å². The number of aromatic nitrogens is 3. The van der Waals surface area contributed by atoms with Crippen molar-refractivity contribution in [1.82, 2.24) is 15.0 Å². The van der Waals surface area contributed by atoms with Crippen molar-refractivity contribution in [3.8, 4) is 11.3 Å². The molecule has 0 fully saturated rings. The number of hydrogen-bond acceptors (Lipinski definition) is 3. The number of nitrogens with zero attached hydrogens (tertiary/aromatic N) is 2. The van der Waals surface area contributed by atoms with Gasteiger partial charge in [-0.3, -0.25) is 0 Å². The number of aromatic amines is 1. The molecule has 20 heavy (non-hydrogen) atoms. The van der Waals surface area contributed by atoms with Gasteiger partial charge in [-0.05, 0) is 24.3 Å². The fourth-order valence-electron chi connectivity index (χ4n) is 2.49. The Morgan fingerprint density at radius 3 is 2.80 bits per heavy atom. The van der Waals surface area contributed by atoms with E-state index in [1.165, 1.54) is 0 Å². The maximum Gasteiger partial charge on any atom is 0.140 e. The van der Waals surface area contributed by atoms with E-state index < -0.39 is 0 Å². The van der Waals surface area contributed by atoms with Crippen LogP contribution in [0.5, 0.6) is 0 Å². The first kappa shape index (κ1) is 11.0. The summed E-state index contributed by atoms with van der Waals surface area (Å²) in [4.78, 5) is 12.1. The second-order valence-electron chi connectivity index (χ2n) is 4.72. The summed E-state index contributed by atoms with van der Waals surface area (Å²) in [5, 5.41) is 2.16. The van der Waals surface area contributed by atoms with Crippen molar-refractivity contribution in [2.24, 2.45) is 0 Å². The largest absolute Gasteiger partial charge is 0.384 e. The van der Waals surface area contributed by atoms with Gasteiger partial charge in [0.05, 0.1) is 11.2 Å². The molecule has 3 heterocycles. The Morgan fingerprint density at radius 2 is 1.85 bits per heavy atom. The van der Waals surface area contributed by atoms with Crippen LogP contribution in [0.25, 0.3) is 33.2 Å². The lowest BCUT2D eigenvalue weighted by Crippen LogP contribution is -1.93. The molecule has 0 spiro atoms. The smallest absolute Gasteiger partial charge is 0.140 e. The Kier molecular flexibility index (Phi) is 2.23. The van der Waals surface area contributed by atoms with Crippen molar-refractivity contribution in [3.63, 3.8) is 0 Å². The van der Waals surface area contributed by atoms with E-state index in [1.807, 2.05) is 42.6 Å². The molecule has 1 aromatic carbocycles. The molecule has 0 saturated heterocycles. The second kappa shape index (κ2) is 4.06. The summed E-state index contributed by atoms with van der Waals surface area (Å²) in [6.07, 6.45) is 1.86. The Hall–Kier alpha value is -2.88. The van der Waals surface area contributed by atoms with Crippen molar-refractivity contribution in [1.29, 1.82) is 0 Å². The van der Waals surface area contributed by atoms with Gasteiger partial charge in [0.25, 0.3) is 0 Å². The summed E-state index contributed by atoms with van der Waals surface area (Å²) in [7, 11) is 0. The molecule has 0 aliphatic carbocycles. The third-order valence-electron chi connectivity index (χ3n) is 3.42. The summed E-state index contributed by atoms with van der Waals surface area (Å²) in [6.45, 7) is 0. The number of nitrogen functional groups attached to an aromatic ring is 1. The molecule has 0 amide bonds. The minimum atomic E-state index is 0.491. The number of pyridine rings is 2. The highest BCUT2D eigenvalue weighted by atomic mass is 14.9. The zero-order valence-electron chi connectivity index (χ0n) is 10.7. The van der Waals surface area contributed by atoms with Gasteiger partial charge in [-0.25, -0.2) is 9.97 Å². The number of benzene rings is 1. The van der Waals surface area contributed by atoms with Crippen LogP contribution in [0.4, 0.5) is 5.82 Å². The van der Waals surface area contributed by atoms with E-state index >= 15 is 0 Å². The Labute approximate surface area is 115 Å². The Morgan fingerprint density at radius 1 is 0.950 bits per heavy atom. The average Bonchev–Trinajstić information content (AvgIpc) is 2.94. The van der Waals surface area contributed by atoms with Crippen molar-refractivity contribution >= 4 is 27.8 Å². The molecule has 96 valence electrons. The van der Waals surface area contributed by atoms with Crippen LogP contribution in [0.3, 0.4) is 0 Å². The van der Waals surface area contributed by atoms with Gasteiger partial charge in [0.1, 0.15) is 11.5 Å². The topological polar surface area (TPSA) is 67.6 Å². The monoisotopic (exact) mass is 260 g/mol. The van der Waals surface area contributed by atoms with Gasteiger partial charge in [0.15, 0.2) is 0 Å². The fourth-order valence-corrected chi connectivity index (χ4v) is 2.49. The maximum atomic E-state index is 5.87. The highest BCUT2D eigenvalue weighted by molar-refractivity contribution is 5.95. The Bertz CT molecular complexity index is 924. The van der Waals surface area contributed by atoms with Gasteiger partial charge in [0, 0.05) is 22.5 Å². The average molecular weight is 260 g/mol. The van der Waals surface area contributed by atoms with Crippen LogP contribution in [-0.2, 0) is 0 Å². The van der Waals surface area contributed by atoms with Gasteiger partial charge < -0.3 is 10.7 Å². The van der Waals surface area contributed by atoms with E-state index in [-0.39, 0.29) is 0 Å². The minimum Gasteiger partial charge on any atom is -0.384 e. The standard InChI is InChI=1S/C16H12N4/c17-15-9-12(11-7-8-18-16(11)20-15)14-6-5-10-3-1-2-4-13(10)19-14/h1-9H,(H3,17,18,20). The number of anilines is 1. The summed E-state index contributed by atoms with van der Waals surface area (Å²) < 4.78 is 0. The number of nitrogens with two attached hydrogens (primary N) is 1. The third-order valence-corrected chi connectivity index (χ3v) is 3.42. The predicted molar refractivity (Wildman–Crippen MR) is 81.2 cm³/mol. The molecule has 4 aromatic rings. The van der Waals surface area contributed by atoms with Crippen molar-refractivity contribution in [2.75, 3.05) is 5.73 Å². The van der Waals surface area contributed by atoms with Gasteiger partial charge in [-0.1, -0.05) is 24.3 Å². The number of nitrogens with one attached hydrogen (secondary N) is 1. The molecule has 3 N–H and O–H groups in total. The van der Waals surface area contributed by atoms with Crippen LogP contribution in [-0.4, -0.2) is 15.0 Å². The number of fused-ring (bicyclic) bond motifs is 2. The molecule has 4 rings (SSSR count). The molecule has 0 aliphatic rings. The van der Waals surface area contributed by atoms with Gasteiger partial charge in [-0.15, -0.1) is 0 Å². The van der Waals surface area contributed by atoms with Crippen molar-refractivity contribution in [2.45, 2.75) is 0 Å². The van der Waals surface area contributed by atoms with Crippen LogP contribution < -0.4 is 5.73 Å². The molecule has 0 saturated carbocycles. The second-order valence-corrected chi connectivity index (χ2v) is 4.72. The van der Waals surface area contributed by atoms with Crippen LogP contribution >= 0.6 is 0 Å². The minimum absolute atomic E-state index is 0.491. The van der Waals surface area contributed by atoms with E-state index in [4.69, 9.17) is 10.7 Å². The van der Waals surface area contributed by atoms with Gasteiger partial charge >= 0.3 is 0 Å². The molecular formula is C16H12N4. The third kappa shape index (κ3) is 1.62. The van der Waals surface area contributed by atoms with Crippen LogP contribution in [0.15, 0.2) is 54.7 Å². The van der Waals surface area contributed by atoms with Crippen LogP contribution in [0.1, 0.15) is 0 Å². The zero-order chi connectivity index (χ0) is 13.5. The van der Waals surface area contributed by atoms with E-state index in [2.05, 4.69) is 22.1 Å². The normalized spacial score (nSPS) is 11.2. The lowest BCUT2D eigenvalue weighted by molar-refractivity contribution is 1.32. The SMILES string of the molecule is Nc1cc(-c2ccc3ccccc3n2)c2cc[nH]c2n1. The van der Waals surface area contributed by atoms with E-state index in [1.54, 1.807) is 0 Å². The number of rotatable bonds is 1. The van der Waals surface area contributed by atoms with Crippen LogP contribution in [0, 0.1) is 0 Å². The maximum absolute atomic E-state index is 5.87. The quantitative estimate of drug-likeness (QED) is 0.551. The van der Waals surface area contributed by atoms with E-state index in [0.29, 0.717) is 5.82 Å². The summed E-state index contributed by atoms with van der Waals surface area (Å²) >= 11 is 0. The Balaban J connectivity index is 2.02. The number of para-hydroxylation sites is 1. The first-order valence-electron chi connectivity index (χ1n) is 6.41. The zero-order valence-corrected chi connectivity index (χ0v) is 10.7. The number of H-pyrrole nitrogens is 1. The van der Waals surface area contributed by atoms with Gasteiger partial charge in [0.2, 0.25) is 0 Å². The molecule has 4 nitrogen and oxygen atoms in total. The van der Waals surface area contributed by atoms with Crippen molar-refractivity contribution < 1.29 is 0 Å². The van der Waals surface area contributed by atoms with E-state index in [9.17, 15) is 0 Å². The molecular weight excluding hydrogens is 248 g/mol. The fraction of sp³-hybridized carbons (Fsp3) is 0. The summed E-state index contributed by atoms with van der Waals surface area (Å²) in [6, 6.07) is 16.0. The molecule has 0 aliphatic heterocycles. The predicted octanol–water partition coefficient (Wildman–Crippen LogP) is 3.36. The molecule has 0 unspecified atom stereocenters. The summed E-state index contributed by atoms with van der Waals surface area (Å²) in [5.41, 5.74) is 9.54. The molecule has 4 heteroatoms. The highest BCUT2D eigenvalue weighted by Crippen LogP contribution is 2.28. The highest BCUT2D eigenvalue weighted by Gasteiger charge is 2.09. The first-order valence-corrected chi connectivity index (χ1v) is 6.41. The number of hydrogen-bond donors (Lipinski definition) is 2. The molecule has 3 aromatic heterocycles. The van der Waals surface area contributed by atoms with Crippen LogP contribution in [0.2, 0.25) is 0 Å². The first-order chi connectivity index (χ1) is 9.81. The lowest BCUT2D eigenvalue weighted by atomic mass is 10.1. The van der Waals surface area contributed by atoms with Crippen molar-refractivity contribution in [3.05, 3.63) is 54.7 Å². The molecule has 0 radical (unpaired) electrons. The molecule has 0 atom stereocenters. The van der Waals surface area contributed by atoms with Gasteiger partial charge in [-0.2, -0.15) is 0 Å².